The Morgan fingerprint density at radius 3 is 2.89 bits per heavy atom. The number of hydrogen-bond acceptors (Lipinski definition) is 8. The molecule has 1 fully saturated rings. The van der Waals surface area contributed by atoms with Crippen LogP contribution in [-0.4, -0.2) is 34.2 Å². The van der Waals surface area contributed by atoms with Crippen molar-refractivity contribution in [1.29, 1.82) is 0 Å². The van der Waals surface area contributed by atoms with Gasteiger partial charge in [-0.25, -0.2) is 0 Å². The standard InChI is InChI=1S/C18H22N4O3S2/c1-11(16(23)19-13-7-8-14-15(9-13)25-10-24-14)26-18-22-21-17(27-18)20-12-5-3-2-4-6-12/h7-9,11-12H,2-6,10H2,1H3,(H,19,23)(H,20,21)/t11-/m1/s1. The molecule has 2 heterocycles. The predicted molar refractivity (Wildman–Crippen MR) is 107 cm³/mol. The van der Waals surface area contributed by atoms with Crippen LogP contribution < -0.4 is 20.1 Å². The summed E-state index contributed by atoms with van der Waals surface area (Å²) in [4.78, 5) is 12.5. The summed E-state index contributed by atoms with van der Waals surface area (Å²) in [7, 11) is 0. The molecule has 0 bridgehead atoms. The number of aromatic nitrogens is 2. The van der Waals surface area contributed by atoms with E-state index in [0.717, 1.165) is 9.47 Å². The lowest BCUT2D eigenvalue weighted by molar-refractivity contribution is -0.115. The van der Waals surface area contributed by atoms with Crippen molar-refractivity contribution in [2.24, 2.45) is 0 Å². The average Bonchev–Trinajstić information content (AvgIpc) is 3.31. The zero-order valence-electron chi connectivity index (χ0n) is 15.1. The Kier molecular flexibility index (Phi) is 5.68. The molecule has 7 nitrogen and oxygen atoms in total. The van der Waals surface area contributed by atoms with E-state index in [9.17, 15) is 4.79 Å². The van der Waals surface area contributed by atoms with Gasteiger partial charge in [-0.1, -0.05) is 42.4 Å². The van der Waals surface area contributed by atoms with E-state index >= 15 is 0 Å². The van der Waals surface area contributed by atoms with Gasteiger partial charge in [0, 0.05) is 17.8 Å². The largest absolute Gasteiger partial charge is 0.454 e. The molecule has 9 heteroatoms. The number of anilines is 2. The Bertz CT molecular complexity index is 808. The molecule has 1 aromatic heterocycles. The molecule has 144 valence electrons. The zero-order chi connectivity index (χ0) is 18.6. The molecule has 2 N–H and O–H groups in total. The van der Waals surface area contributed by atoms with E-state index in [0.29, 0.717) is 23.2 Å². The van der Waals surface area contributed by atoms with Crippen LogP contribution in [0.25, 0.3) is 0 Å². The van der Waals surface area contributed by atoms with Crippen LogP contribution in [0.2, 0.25) is 0 Å². The summed E-state index contributed by atoms with van der Waals surface area (Å²) in [6.45, 7) is 2.08. The fourth-order valence-electron chi connectivity index (χ4n) is 3.16. The number of rotatable bonds is 6. The topological polar surface area (TPSA) is 85.4 Å². The molecule has 2 aliphatic rings. The van der Waals surface area contributed by atoms with E-state index in [2.05, 4.69) is 20.8 Å². The lowest BCUT2D eigenvalue weighted by Crippen LogP contribution is -2.22. The average molecular weight is 407 g/mol. The van der Waals surface area contributed by atoms with Crippen LogP contribution in [0.5, 0.6) is 11.5 Å². The summed E-state index contributed by atoms with van der Waals surface area (Å²) in [5.41, 5.74) is 0.689. The number of nitrogens with one attached hydrogen (secondary N) is 2. The molecular formula is C18H22N4O3S2. The van der Waals surface area contributed by atoms with Crippen LogP contribution in [0, 0.1) is 0 Å². The highest BCUT2D eigenvalue weighted by Crippen LogP contribution is 2.35. The van der Waals surface area contributed by atoms with Crippen molar-refractivity contribution in [3.05, 3.63) is 18.2 Å². The van der Waals surface area contributed by atoms with Gasteiger partial charge in [0.15, 0.2) is 15.8 Å². The molecule has 1 aliphatic heterocycles. The maximum atomic E-state index is 12.5. The minimum atomic E-state index is -0.286. The molecular weight excluding hydrogens is 384 g/mol. The van der Waals surface area contributed by atoms with Gasteiger partial charge in [0.1, 0.15) is 0 Å². The molecule has 27 heavy (non-hydrogen) atoms. The third-order valence-electron chi connectivity index (χ3n) is 4.63. The highest BCUT2D eigenvalue weighted by molar-refractivity contribution is 8.02. The van der Waals surface area contributed by atoms with Gasteiger partial charge in [-0.2, -0.15) is 0 Å². The third kappa shape index (κ3) is 4.65. The fraction of sp³-hybridized carbons (Fsp3) is 0.500. The summed E-state index contributed by atoms with van der Waals surface area (Å²) >= 11 is 2.92. The Hall–Kier alpha value is -2.00. The van der Waals surface area contributed by atoms with E-state index < -0.39 is 0 Å². The number of ether oxygens (including phenoxy) is 2. The van der Waals surface area contributed by atoms with Crippen molar-refractivity contribution < 1.29 is 14.3 Å². The molecule has 0 spiro atoms. The molecule has 0 saturated heterocycles. The first-order valence-corrected chi connectivity index (χ1v) is 10.8. The summed E-state index contributed by atoms with van der Waals surface area (Å²) in [6.07, 6.45) is 6.25. The van der Waals surface area contributed by atoms with Crippen molar-refractivity contribution in [2.75, 3.05) is 17.4 Å². The van der Waals surface area contributed by atoms with Gasteiger partial charge in [-0.05, 0) is 31.9 Å². The molecule has 1 aliphatic carbocycles. The van der Waals surface area contributed by atoms with Crippen molar-refractivity contribution in [1.82, 2.24) is 10.2 Å². The van der Waals surface area contributed by atoms with Crippen LogP contribution in [0.15, 0.2) is 22.5 Å². The number of nitrogens with zero attached hydrogens (tertiary/aromatic N) is 2. The van der Waals surface area contributed by atoms with Crippen molar-refractivity contribution >= 4 is 39.8 Å². The lowest BCUT2D eigenvalue weighted by Gasteiger charge is -2.21. The van der Waals surface area contributed by atoms with Crippen LogP contribution in [-0.2, 0) is 4.79 Å². The summed E-state index contributed by atoms with van der Waals surface area (Å²) in [5.74, 6) is 1.26. The lowest BCUT2D eigenvalue weighted by atomic mass is 9.96. The van der Waals surface area contributed by atoms with Gasteiger partial charge in [0.2, 0.25) is 17.8 Å². The highest BCUT2D eigenvalue weighted by atomic mass is 32.2. The summed E-state index contributed by atoms with van der Waals surface area (Å²) < 4.78 is 11.4. The molecule has 0 radical (unpaired) electrons. The van der Waals surface area contributed by atoms with E-state index in [4.69, 9.17) is 9.47 Å². The Balaban J connectivity index is 1.30. The first-order valence-electron chi connectivity index (χ1n) is 9.14. The van der Waals surface area contributed by atoms with Gasteiger partial charge < -0.3 is 20.1 Å². The minimum Gasteiger partial charge on any atom is -0.454 e. The predicted octanol–water partition coefficient (Wildman–Crippen LogP) is 4.13. The maximum absolute atomic E-state index is 12.5. The van der Waals surface area contributed by atoms with Crippen molar-refractivity contribution in [2.45, 2.75) is 54.7 Å². The van der Waals surface area contributed by atoms with Crippen molar-refractivity contribution in [3.8, 4) is 11.5 Å². The number of amides is 1. The van der Waals surface area contributed by atoms with E-state index in [1.165, 1.54) is 55.2 Å². The van der Waals surface area contributed by atoms with Gasteiger partial charge >= 0.3 is 0 Å². The van der Waals surface area contributed by atoms with E-state index in [1.54, 1.807) is 18.2 Å². The number of benzene rings is 1. The third-order valence-corrected chi connectivity index (χ3v) is 6.66. The van der Waals surface area contributed by atoms with Gasteiger partial charge in [0.05, 0.1) is 5.25 Å². The van der Waals surface area contributed by atoms with Gasteiger partial charge in [-0.3, -0.25) is 4.79 Å². The second-order valence-electron chi connectivity index (χ2n) is 6.67. The van der Waals surface area contributed by atoms with E-state index in [1.807, 2.05) is 6.92 Å². The Morgan fingerprint density at radius 1 is 1.22 bits per heavy atom. The minimum absolute atomic E-state index is 0.0872. The van der Waals surface area contributed by atoms with E-state index in [-0.39, 0.29) is 18.0 Å². The smallest absolute Gasteiger partial charge is 0.237 e. The maximum Gasteiger partial charge on any atom is 0.237 e. The number of hydrogen-bond donors (Lipinski definition) is 2. The molecule has 0 unspecified atom stereocenters. The molecule has 2 aromatic rings. The number of fused-ring (bicyclic) bond motifs is 1. The number of carbonyl (C=O) groups excluding carboxylic acids is 1. The van der Waals surface area contributed by atoms with Crippen LogP contribution in [0.4, 0.5) is 10.8 Å². The monoisotopic (exact) mass is 406 g/mol. The molecule has 1 saturated carbocycles. The quantitative estimate of drug-likeness (QED) is 0.698. The Morgan fingerprint density at radius 2 is 2.04 bits per heavy atom. The van der Waals surface area contributed by atoms with Crippen LogP contribution >= 0.6 is 23.1 Å². The van der Waals surface area contributed by atoms with Gasteiger partial charge in [0.25, 0.3) is 0 Å². The fourth-order valence-corrected chi connectivity index (χ4v) is 5.13. The first kappa shape index (κ1) is 18.4. The molecule has 4 rings (SSSR count). The zero-order valence-corrected chi connectivity index (χ0v) is 16.7. The second-order valence-corrected chi connectivity index (χ2v) is 9.24. The molecule has 1 aromatic carbocycles. The number of carbonyl (C=O) groups is 1. The van der Waals surface area contributed by atoms with Crippen molar-refractivity contribution in [3.63, 3.8) is 0 Å². The summed E-state index contributed by atoms with van der Waals surface area (Å²) in [5, 5.41) is 15.4. The molecule has 1 amide bonds. The molecule has 1 atom stereocenters. The van der Waals surface area contributed by atoms with Gasteiger partial charge in [-0.15, -0.1) is 10.2 Å². The van der Waals surface area contributed by atoms with Crippen LogP contribution in [0.3, 0.4) is 0 Å². The number of thioether (sulfide) groups is 1. The SMILES string of the molecule is C[C@@H](Sc1nnc(NC2CCCCC2)s1)C(=O)Nc1ccc2c(c1)OCO2. The second kappa shape index (κ2) is 8.35. The first-order chi connectivity index (χ1) is 13.2. The Labute approximate surface area is 166 Å². The normalized spacial score (nSPS) is 17.5. The highest BCUT2D eigenvalue weighted by Gasteiger charge is 2.20. The summed E-state index contributed by atoms with van der Waals surface area (Å²) in [6, 6.07) is 5.87. The van der Waals surface area contributed by atoms with Crippen LogP contribution in [0.1, 0.15) is 39.0 Å².